The van der Waals surface area contributed by atoms with Crippen molar-refractivity contribution in [3.8, 4) is 6.07 Å². The van der Waals surface area contributed by atoms with E-state index in [1.807, 2.05) is 31.3 Å². The van der Waals surface area contributed by atoms with Crippen molar-refractivity contribution < 1.29 is 0 Å². The van der Waals surface area contributed by atoms with Gasteiger partial charge in [-0.05, 0) is 22.0 Å². The molecule has 0 spiro atoms. The molecule has 0 radical (unpaired) electrons. The van der Waals surface area contributed by atoms with Gasteiger partial charge in [-0.1, -0.05) is 0 Å². The lowest BCUT2D eigenvalue weighted by Crippen LogP contribution is -2.19. The van der Waals surface area contributed by atoms with Crippen molar-refractivity contribution in [2.75, 3.05) is 11.9 Å². The van der Waals surface area contributed by atoms with Crippen LogP contribution in [0, 0.1) is 11.3 Å². The number of hydrogen-bond donors (Lipinski definition) is 0. The first-order valence-corrected chi connectivity index (χ1v) is 6.13. The molecule has 0 aliphatic rings. The van der Waals surface area contributed by atoms with Crippen molar-refractivity contribution in [2.24, 2.45) is 7.05 Å². The van der Waals surface area contributed by atoms with Gasteiger partial charge < -0.3 is 9.47 Å². The van der Waals surface area contributed by atoms with Crippen LogP contribution in [0.25, 0.3) is 0 Å². The van der Waals surface area contributed by atoms with Gasteiger partial charge in [-0.2, -0.15) is 5.26 Å². The fraction of sp³-hybridized carbons (Fsp3) is 0.250. The molecular formula is C12H12BrN5. The van der Waals surface area contributed by atoms with E-state index in [1.54, 1.807) is 6.20 Å². The lowest BCUT2D eigenvalue weighted by Gasteiger charge is -2.17. The molecule has 2 rings (SSSR count). The van der Waals surface area contributed by atoms with E-state index in [0.29, 0.717) is 5.69 Å². The summed E-state index contributed by atoms with van der Waals surface area (Å²) in [4.78, 5) is 10.2. The molecule has 18 heavy (non-hydrogen) atoms. The highest BCUT2D eigenvalue weighted by Gasteiger charge is 2.07. The lowest BCUT2D eigenvalue weighted by atomic mass is 10.4. The molecule has 0 atom stereocenters. The summed E-state index contributed by atoms with van der Waals surface area (Å²) in [5.74, 6) is 0.742. The Bertz CT molecular complexity index is 582. The van der Waals surface area contributed by atoms with Gasteiger partial charge in [-0.25, -0.2) is 9.97 Å². The second-order valence-electron chi connectivity index (χ2n) is 3.99. The molecule has 2 aromatic rings. The summed E-state index contributed by atoms with van der Waals surface area (Å²) in [6, 6.07) is 4.02. The summed E-state index contributed by atoms with van der Waals surface area (Å²) in [5, 5.41) is 8.67. The summed E-state index contributed by atoms with van der Waals surface area (Å²) < 4.78 is 3.11. The number of aryl methyl sites for hydroxylation is 1. The number of nitrogens with zero attached hydrogens (tertiary/aromatic N) is 5. The molecule has 5 nitrogen and oxygen atoms in total. The van der Waals surface area contributed by atoms with Gasteiger partial charge >= 0.3 is 0 Å². The minimum Gasteiger partial charge on any atom is -0.353 e. The van der Waals surface area contributed by atoms with Crippen molar-refractivity contribution in [3.05, 3.63) is 40.5 Å². The fourth-order valence-electron chi connectivity index (χ4n) is 1.62. The van der Waals surface area contributed by atoms with Crippen LogP contribution >= 0.6 is 15.9 Å². The van der Waals surface area contributed by atoms with Crippen LogP contribution in [0.15, 0.2) is 29.1 Å². The molecule has 92 valence electrons. The third kappa shape index (κ3) is 2.68. The second kappa shape index (κ2) is 5.19. The maximum absolute atomic E-state index is 8.67. The molecule has 0 amide bonds. The smallest absolute Gasteiger partial charge is 0.158 e. The first kappa shape index (κ1) is 12.6. The highest BCUT2D eigenvalue weighted by Crippen LogP contribution is 2.17. The standard InChI is InChI=1S/C12H12BrN5/c1-17-7-9(13)3-11(17)8-18(2)12-6-15-10(4-14)5-16-12/h3,5-7H,8H2,1-2H3. The van der Waals surface area contributed by atoms with Crippen LogP contribution in [0.4, 0.5) is 5.82 Å². The van der Waals surface area contributed by atoms with Crippen molar-refractivity contribution in [2.45, 2.75) is 6.54 Å². The van der Waals surface area contributed by atoms with E-state index in [9.17, 15) is 0 Å². The maximum atomic E-state index is 8.67. The zero-order valence-corrected chi connectivity index (χ0v) is 11.7. The zero-order valence-electron chi connectivity index (χ0n) is 10.1. The van der Waals surface area contributed by atoms with Crippen LogP contribution in [0.5, 0.6) is 0 Å². The average Bonchev–Trinajstić information content (AvgIpc) is 2.68. The van der Waals surface area contributed by atoms with E-state index >= 15 is 0 Å². The van der Waals surface area contributed by atoms with Crippen LogP contribution in [-0.2, 0) is 13.6 Å². The van der Waals surface area contributed by atoms with Gasteiger partial charge in [-0.15, -0.1) is 0 Å². The van der Waals surface area contributed by atoms with E-state index in [2.05, 4.69) is 36.5 Å². The van der Waals surface area contributed by atoms with E-state index in [1.165, 1.54) is 6.20 Å². The van der Waals surface area contributed by atoms with Crippen molar-refractivity contribution in [3.63, 3.8) is 0 Å². The van der Waals surface area contributed by atoms with Crippen LogP contribution in [0.2, 0.25) is 0 Å². The number of nitriles is 1. The fourth-order valence-corrected chi connectivity index (χ4v) is 2.19. The SMILES string of the molecule is CN(Cc1cc(Br)cn1C)c1cnc(C#N)cn1. The van der Waals surface area contributed by atoms with E-state index < -0.39 is 0 Å². The molecule has 0 fully saturated rings. The maximum Gasteiger partial charge on any atom is 0.158 e. The number of rotatable bonds is 3. The average molecular weight is 306 g/mol. The number of hydrogen-bond acceptors (Lipinski definition) is 4. The van der Waals surface area contributed by atoms with Gasteiger partial charge in [0.1, 0.15) is 11.9 Å². The van der Waals surface area contributed by atoms with Crippen molar-refractivity contribution in [1.82, 2.24) is 14.5 Å². The van der Waals surface area contributed by atoms with Crippen molar-refractivity contribution >= 4 is 21.7 Å². The Morgan fingerprint density at radius 1 is 1.44 bits per heavy atom. The predicted molar refractivity (Wildman–Crippen MR) is 72.0 cm³/mol. The Morgan fingerprint density at radius 3 is 2.72 bits per heavy atom. The Hall–Kier alpha value is -1.87. The van der Waals surface area contributed by atoms with Crippen LogP contribution < -0.4 is 4.90 Å². The van der Waals surface area contributed by atoms with Crippen molar-refractivity contribution in [1.29, 1.82) is 5.26 Å². The summed E-state index contributed by atoms with van der Waals surface area (Å²) in [6.07, 6.45) is 5.09. The van der Waals surface area contributed by atoms with E-state index in [-0.39, 0.29) is 0 Å². The molecule has 0 aliphatic carbocycles. The molecule has 0 aliphatic heterocycles. The molecule has 0 bridgehead atoms. The first-order valence-electron chi connectivity index (χ1n) is 5.34. The molecule has 0 aromatic carbocycles. The Kier molecular flexibility index (Phi) is 3.63. The lowest BCUT2D eigenvalue weighted by molar-refractivity contribution is 0.780. The minimum absolute atomic E-state index is 0.328. The molecule has 6 heteroatoms. The van der Waals surface area contributed by atoms with E-state index in [4.69, 9.17) is 5.26 Å². The molecule has 0 N–H and O–H groups in total. The molecule has 2 heterocycles. The third-order valence-electron chi connectivity index (χ3n) is 2.62. The zero-order chi connectivity index (χ0) is 13.1. The summed E-state index contributed by atoms with van der Waals surface area (Å²) in [7, 11) is 3.94. The van der Waals surface area contributed by atoms with Crippen LogP contribution in [-0.4, -0.2) is 21.6 Å². The molecule has 0 unspecified atom stereocenters. The first-order chi connectivity index (χ1) is 8.60. The Morgan fingerprint density at radius 2 is 2.22 bits per heavy atom. The van der Waals surface area contributed by atoms with Gasteiger partial charge in [0.2, 0.25) is 0 Å². The second-order valence-corrected chi connectivity index (χ2v) is 4.90. The Labute approximate surface area is 114 Å². The highest BCUT2D eigenvalue weighted by molar-refractivity contribution is 9.10. The highest BCUT2D eigenvalue weighted by atomic mass is 79.9. The van der Waals surface area contributed by atoms with Crippen LogP contribution in [0.1, 0.15) is 11.4 Å². The molecule has 0 saturated heterocycles. The van der Waals surface area contributed by atoms with Crippen LogP contribution in [0.3, 0.4) is 0 Å². The predicted octanol–water partition coefficient (Wildman–Crippen LogP) is 2.09. The molecule has 0 saturated carbocycles. The number of halogens is 1. The third-order valence-corrected chi connectivity index (χ3v) is 3.05. The normalized spacial score (nSPS) is 10.1. The summed E-state index contributed by atoms with van der Waals surface area (Å²) >= 11 is 3.44. The summed E-state index contributed by atoms with van der Waals surface area (Å²) in [6.45, 7) is 0.725. The Balaban J connectivity index is 2.14. The largest absolute Gasteiger partial charge is 0.353 e. The number of aromatic nitrogens is 3. The van der Waals surface area contributed by atoms with Gasteiger partial charge in [0, 0.05) is 30.5 Å². The monoisotopic (exact) mass is 305 g/mol. The summed E-state index contributed by atoms with van der Waals surface area (Å²) in [5.41, 5.74) is 1.49. The van der Waals surface area contributed by atoms with Gasteiger partial charge in [0.15, 0.2) is 5.69 Å². The minimum atomic E-state index is 0.328. The quantitative estimate of drug-likeness (QED) is 0.871. The molecule has 2 aromatic heterocycles. The van der Waals surface area contributed by atoms with E-state index in [0.717, 1.165) is 22.5 Å². The topological polar surface area (TPSA) is 57.7 Å². The van der Waals surface area contributed by atoms with Gasteiger partial charge in [0.25, 0.3) is 0 Å². The molecular weight excluding hydrogens is 294 g/mol. The van der Waals surface area contributed by atoms with Gasteiger partial charge in [-0.3, -0.25) is 0 Å². The van der Waals surface area contributed by atoms with Gasteiger partial charge in [0.05, 0.1) is 18.9 Å². The number of anilines is 1.